The number of nitrogens with one attached hydrogen (secondary N) is 1. The highest BCUT2D eigenvalue weighted by atomic mass is 16.7. The highest BCUT2D eigenvalue weighted by Gasteiger charge is 2.23. The molecule has 17 heavy (non-hydrogen) atoms. The van der Waals surface area contributed by atoms with Gasteiger partial charge in [0.25, 0.3) is 6.48 Å². The Kier molecular flexibility index (Phi) is 6.18. The number of amides is 1. The summed E-state index contributed by atoms with van der Waals surface area (Å²) in [6.07, 6.45) is 7.48. The Balaban J connectivity index is 2.66. The van der Waals surface area contributed by atoms with Crippen LogP contribution in [0.5, 0.6) is 0 Å². The number of hydrogen-bond acceptors (Lipinski definition) is 4. The second kappa shape index (κ2) is 7.42. The summed E-state index contributed by atoms with van der Waals surface area (Å²) in [6, 6.07) is -0.194. The lowest BCUT2D eigenvalue weighted by atomic mass is 9.99. The first-order chi connectivity index (χ1) is 8.13. The van der Waals surface area contributed by atoms with Gasteiger partial charge in [-0.1, -0.05) is 25.5 Å². The lowest BCUT2D eigenvalue weighted by Crippen LogP contribution is -2.45. The molecule has 0 radical (unpaired) electrons. The molecule has 0 fully saturated rings. The van der Waals surface area contributed by atoms with Gasteiger partial charge >= 0.3 is 0 Å². The van der Waals surface area contributed by atoms with Gasteiger partial charge in [-0.3, -0.25) is 4.79 Å². The van der Waals surface area contributed by atoms with Crippen LogP contribution >= 0.6 is 0 Å². The van der Waals surface area contributed by atoms with Crippen molar-refractivity contribution < 1.29 is 19.7 Å². The van der Waals surface area contributed by atoms with Crippen molar-refractivity contribution in [3.05, 3.63) is 12.2 Å². The van der Waals surface area contributed by atoms with E-state index >= 15 is 0 Å². The third-order valence-corrected chi connectivity index (χ3v) is 2.80. The van der Waals surface area contributed by atoms with E-state index < -0.39 is 12.6 Å². The zero-order valence-corrected chi connectivity index (χ0v) is 10.1. The quantitative estimate of drug-likeness (QED) is 0.501. The van der Waals surface area contributed by atoms with Gasteiger partial charge in [0.05, 0.1) is 6.04 Å². The fraction of sp³-hybridized carbons (Fsp3) is 0.750. The monoisotopic (exact) mass is 243 g/mol. The zero-order chi connectivity index (χ0) is 12.7. The Hall–Kier alpha value is -0.910. The molecule has 0 heterocycles. The van der Waals surface area contributed by atoms with Gasteiger partial charge in [-0.2, -0.15) is 0 Å². The van der Waals surface area contributed by atoms with Crippen LogP contribution in [0.4, 0.5) is 0 Å². The molecule has 2 unspecified atom stereocenters. The van der Waals surface area contributed by atoms with Crippen LogP contribution in [0.1, 0.15) is 39.0 Å². The van der Waals surface area contributed by atoms with E-state index in [0.29, 0.717) is 6.42 Å². The van der Waals surface area contributed by atoms with Crippen molar-refractivity contribution in [1.29, 1.82) is 0 Å². The van der Waals surface area contributed by atoms with Gasteiger partial charge in [-0.05, 0) is 19.3 Å². The van der Waals surface area contributed by atoms with E-state index in [0.717, 1.165) is 25.7 Å². The van der Waals surface area contributed by atoms with Gasteiger partial charge in [0.15, 0.2) is 0 Å². The number of aliphatic hydroxyl groups excluding tert-OH is 1. The molecule has 0 aromatic rings. The van der Waals surface area contributed by atoms with E-state index in [4.69, 9.17) is 14.9 Å². The number of ether oxygens (including phenoxy) is 1. The number of rotatable bonds is 4. The van der Waals surface area contributed by atoms with Gasteiger partial charge in [0.1, 0.15) is 6.10 Å². The fourth-order valence-corrected chi connectivity index (χ4v) is 1.90. The molecular formula is C12H21NO4. The van der Waals surface area contributed by atoms with E-state index in [1.54, 1.807) is 13.0 Å². The smallest absolute Gasteiger partial charge is 0.267 e. The maximum absolute atomic E-state index is 11.4. The molecule has 0 spiro atoms. The molecule has 0 bridgehead atoms. The highest BCUT2D eigenvalue weighted by molar-refractivity contribution is 5.75. The van der Waals surface area contributed by atoms with Crippen molar-refractivity contribution in [3.63, 3.8) is 0 Å². The highest BCUT2D eigenvalue weighted by Crippen LogP contribution is 2.16. The summed E-state index contributed by atoms with van der Waals surface area (Å²) in [4.78, 5) is 11.4. The summed E-state index contributed by atoms with van der Waals surface area (Å²) >= 11 is 0. The first-order valence-electron chi connectivity index (χ1n) is 6.11. The van der Waals surface area contributed by atoms with Crippen LogP contribution in [-0.2, 0) is 9.53 Å². The van der Waals surface area contributed by atoms with E-state index in [1.807, 2.05) is 6.08 Å². The number of hydrogen-bond donors (Lipinski definition) is 3. The molecule has 0 saturated heterocycles. The fourth-order valence-electron chi connectivity index (χ4n) is 1.90. The van der Waals surface area contributed by atoms with Crippen LogP contribution in [0.3, 0.4) is 0 Å². The number of carbonyl (C=O) groups excluding carboxylic acids is 1. The minimum absolute atomic E-state index is 0.0509. The minimum Gasteiger partial charge on any atom is -0.350 e. The second-order valence-corrected chi connectivity index (χ2v) is 4.17. The van der Waals surface area contributed by atoms with E-state index in [2.05, 4.69) is 5.32 Å². The summed E-state index contributed by atoms with van der Waals surface area (Å²) in [6.45, 7) is -0.0321. The third-order valence-electron chi connectivity index (χ3n) is 2.80. The first-order valence-corrected chi connectivity index (χ1v) is 6.11. The second-order valence-electron chi connectivity index (χ2n) is 4.17. The van der Waals surface area contributed by atoms with Crippen LogP contribution in [0.2, 0.25) is 0 Å². The molecule has 2 atom stereocenters. The molecule has 1 amide bonds. The average molecular weight is 243 g/mol. The van der Waals surface area contributed by atoms with Crippen LogP contribution in [-0.4, -0.2) is 34.7 Å². The van der Waals surface area contributed by atoms with Crippen LogP contribution < -0.4 is 5.32 Å². The first kappa shape index (κ1) is 14.2. The van der Waals surface area contributed by atoms with Gasteiger partial charge < -0.3 is 20.3 Å². The van der Waals surface area contributed by atoms with E-state index in [1.165, 1.54) is 0 Å². The van der Waals surface area contributed by atoms with Crippen molar-refractivity contribution in [2.24, 2.45) is 0 Å². The molecule has 98 valence electrons. The molecule has 0 aliphatic heterocycles. The number of carbonyl (C=O) groups is 1. The summed E-state index contributed by atoms with van der Waals surface area (Å²) in [5.41, 5.74) is 0. The van der Waals surface area contributed by atoms with Crippen LogP contribution in [0.25, 0.3) is 0 Å². The van der Waals surface area contributed by atoms with E-state index in [-0.39, 0.29) is 11.9 Å². The molecule has 0 aromatic heterocycles. The maximum Gasteiger partial charge on any atom is 0.267 e. The summed E-state index contributed by atoms with van der Waals surface area (Å²) in [5.74, 6) is -0.0509. The molecule has 5 nitrogen and oxygen atoms in total. The van der Waals surface area contributed by atoms with Crippen molar-refractivity contribution in [1.82, 2.24) is 5.32 Å². The van der Waals surface area contributed by atoms with E-state index in [9.17, 15) is 4.79 Å². The average Bonchev–Trinajstić information content (AvgIpc) is 2.26. The minimum atomic E-state index is -1.81. The van der Waals surface area contributed by atoms with Crippen molar-refractivity contribution >= 4 is 5.91 Å². The van der Waals surface area contributed by atoms with Crippen molar-refractivity contribution in [3.8, 4) is 0 Å². The van der Waals surface area contributed by atoms with Gasteiger partial charge in [0, 0.05) is 6.42 Å². The topological polar surface area (TPSA) is 78.8 Å². The standard InChI is InChI=1S/C12H21NO4/c1-2-11(14)13-9-7-5-3-4-6-8-10(9)17-12(15)16/h6,8-10,12,15-16H,2-5,7H2,1H3,(H,13,14). The summed E-state index contributed by atoms with van der Waals surface area (Å²) < 4.78 is 4.99. The van der Waals surface area contributed by atoms with Gasteiger partial charge in [0.2, 0.25) is 5.91 Å². The molecule has 0 aromatic carbocycles. The van der Waals surface area contributed by atoms with Crippen LogP contribution in [0.15, 0.2) is 12.2 Å². The van der Waals surface area contributed by atoms with Crippen molar-refractivity contribution in [2.45, 2.75) is 57.6 Å². The predicted molar refractivity (Wildman–Crippen MR) is 62.9 cm³/mol. The number of aliphatic hydroxyl groups is 2. The SMILES string of the molecule is CCC(=O)NC1CCCCC=CC1OC(O)O. The largest absolute Gasteiger partial charge is 0.350 e. The third kappa shape index (κ3) is 5.30. The molecule has 1 aliphatic carbocycles. The maximum atomic E-state index is 11.4. The van der Waals surface area contributed by atoms with Crippen LogP contribution in [0, 0.1) is 0 Å². The van der Waals surface area contributed by atoms with Crippen molar-refractivity contribution in [2.75, 3.05) is 0 Å². The zero-order valence-electron chi connectivity index (χ0n) is 10.1. The Morgan fingerprint density at radius 3 is 2.94 bits per heavy atom. The lowest BCUT2D eigenvalue weighted by Gasteiger charge is -2.27. The summed E-state index contributed by atoms with van der Waals surface area (Å²) in [7, 11) is 0. The Morgan fingerprint density at radius 1 is 1.53 bits per heavy atom. The molecule has 1 rings (SSSR count). The lowest BCUT2D eigenvalue weighted by molar-refractivity contribution is -0.252. The summed E-state index contributed by atoms with van der Waals surface area (Å²) in [5, 5.41) is 20.6. The molecule has 0 saturated carbocycles. The Bertz CT molecular complexity index is 265. The predicted octanol–water partition coefficient (Wildman–Crippen LogP) is 0.665. The molecule has 3 N–H and O–H groups in total. The molecular weight excluding hydrogens is 222 g/mol. The van der Waals surface area contributed by atoms with Gasteiger partial charge in [-0.15, -0.1) is 0 Å². The molecule has 5 heteroatoms. The Labute approximate surface area is 101 Å². The normalized spacial score (nSPS) is 25.4. The number of allylic oxidation sites excluding steroid dienone is 1. The van der Waals surface area contributed by atoms with Gasteiger partial charge in [-0.25, -0.2) is 0 Å². The Morgan fingerprint density at radius 2 is 2.29 bits per heavy atom. The molecule has 1 aliphatic rings.